The summed E-state index contributed by atoms with van der Waals surface area (Å²) in [6.07, 6.45) is 8.69. The molecule has 1 amide bonds. The molecular formula is C31H33N5O3S. The first kappa shape index (κ1) is 27.6. The number of H-pyrrole nitrogens is 1. The normalized spacial score (nSPS) is 16.6. The Morgan fingerprint density at radius 2 is 1.77 bits per heavy atom. The van der Waals surface area contributed by atoms with Gasteiger partial charge in [-0.1, -0.05) is 55.7 Å². The van der Waals surface area contributed by atoms with Gasteiger partial charge in [-0.3, -0.25) is 9.78 Å². The number of carbonyl (C=O) groups is 1. The minimum absolute atomic E-state index is 0.0150. The second-order valence-corrected chi connectivity index (χ2v) is 12.5. The summed E-state index contributed by atoms with van der Waals surface area (Å²) in [4.78, 5) is 21.8. The Kier molecular flexibility index (Phi) is 7.74. The molecule has 1 aliphatic rings. The molecule has 2 heterocycles. The Labute approximate surface area is 234 Å². The average Bonchev–Trinajstić information content (AvgIpc) is 3.38. The molecule has 2 aromatic carbocycles. The van der Waals surface area contributed by atoms with Crippen LogP contribution in [0, 0.1) is 11.3 Å². The predicted octanol–water partition coefficient (Wildman–Crippen LogP) is 4.73. The summed E-state index contributed by atoms with van der Waals surface area (Å²) >= 11 is 0. The maximum Gasteiger partial charge on any atom is 0.242 e. The first-order chi connectivity index (χ1) is 19.3. The molecule has 206 valence electrons. The van der Waals surface area contributed by atoms with Gasteiger partial charge in [0.2, 0.25) is 15.9 Å². The van der Waals surface area contributed by atoms with Gasteiger partial charge in [0.05, 0.1) is 10.5 Å². The lowest BCUT2D eigenvalue weighted by molar-refractivity contribution is -0.126. The number of aromatic amines is 1. The van der Waals surface area contributed by atoms with E-state index in [-0.39, 0.29) is 22.3 Å². The number of nitrogens with zero attached hydrogens (tertiary/aromatic N) is 2. The van der Waals surface area contributed by atoms with Crippen molar-refractivity contribution in [1.82, 2.24) is 20.0 Å². The van der Waals surface area contributed by atoms with E-state index in [1.165, 1.54) is 12.1 Å². The van der Waals surface area contributed by atoms with Gasteiger partial charge in [-0.05, 0) is 55.7 Å². The first-order valence-corrected chi connectivity index (χ1v) is 15.0. The standard InChI is InChI=1S/C31H33N5O3S/c1-30(19-24-21-34-26-13-5-4-12-25(24)26,36-40(38,39)27-14-6-3-11-23(27)20-32)29(37)35-22-31(16-8-2-9-17-31)28-15-7-10-18-33-28/h3-7,10-15,18,21,34,36H,2,8-9,16-17,19,22H2,1H3,(H,35,37)/t30-/m0/s1. The number of sulfonamides is 1. The summed E-state index contributed by atoms with van der Waals surface area (Å²) in [6.45, 7) is 1.95. The van der Waals surface area contributed by atoms with Crippen molar-refractivity contribution < 1.29 is 13.2 Å². The molecule has 0 unspecified atom stereocenters. The molecule has 1 aliphatic carbocycles. The number of nitrogens with one attached hydrogen (secondary N) is 3. The lowest BCUT2D eigenvalue weighted by atomic mass is 9.71. The fourth-order valence-electron chi connectivity index (χ4n) is 5.84. The third-order valence-corrected chi connectivity index (χ3v) is 9.64. The van der Waals surface area contributed by atoms with E-state index in [4.69, 9.17) is 0 Å². The van der Waals surface area contributed by atoms with E-state index in [2.05, 4.69) is 20.0 Å². The van der Waals surface area contributed by atoms with E-state index < -0.39 is 21.5 Å². The van der Waals surface area contributed by atoms with Crippen LogP contribution in [0.5, 0.6) is 0 Å². The molecule has 8 nitrogen and oxygen atoms in total. The Morgan fingerprint density at radius 1 is 1.05 bits per heavy atom. The number of pyridine rings is 1. The number of aromatic nitrogens is 2. The maximum absolute atomic E-state index is 14.1. The van der Waals surface area contributed by atoms with Crippen LogP contribution in [0.15, 0.2) is 84.0 Å². The summed E-state index contributed by atoms with van der Waals surface area (Å²) in [5.74, 6) is -0.434. The van der Waals surface area contributed by atoms with Gasteiger partial charge in [-0.25, -0.2) is 8.42 Å². The van der Waals surface area contributed by atoms with E-state index in [1.54, 1.807) is 25.3 Å². The Balaban J connectivity index is 1.49. The molecule has 4 aromatic rings. The predicted molar refractivity (Wildman–Crippen MR) is 154 cm³/mol. The average molecular weight is 556 g/mol. The van der Waals surface area contributed by atoms with Crippen molar-refractivity contribution in [3.05, 3.63) is 95.9 Å². The third-order valence-electron chi connectivity index (χ3n) is 7.98. The SMILES string of the molecule is C[C@@](Cc1c[nH]c2ccccc12)(NS(=O)(=O)c1ccccc1C#N)C(=O)NCC1(c2ccccn2)CCCCC1. The van der Waals surface area contributed by atoms with Crippen molar-refractivity contribution in [3.63, 3.8) is 0 Å². The second kappa shape index (κ2) is 11.2. The molecule has 3 N–H and O–H groups in total. The van der Waals surface area contributed by atoms with Crippen LogP contribution in [0.4, 0.5) is 0 Å². The largest absolute Gasteiger partial charge is 0.361 e. The molecule has 0 saturated heterocycles. The molecule has 1 fully saturated rings. The quantitative estimate of drug-likeness (QED) is 0.275. The van der Waals surface area contributed by atoms with E-state index in [9.17, 15) is 18.5 Å². The number of rotatable bonds is 9. The molecule has 2 aromatic heterocycles. The number of fused-ring (bicyclic) bond motifs is 1. The van der Waals surface area contributed by atoms with Crippen LogP contribution in [0.2, 0.25) is 0 Å². The summed E-state index contributed by atoms with van der Waals surface area (Å²) in [5.41, 5.74) is 0.795. The molecule has 5 rings (SSSR count). The Bertz CT molecular complexity index is 1650. The summed E-state index contributed by atoms with van der Waals surface area (Å²) in [5, 5.41) is 13.6. The van der Waals surface area contributed by atoms with Gasteiger partial charge in [0.1, 0.15) is 11.6 Å². The minimum Gasteiger partial charge on any atom is -0.361 e. The van der Waals surface area contributed by atoms with Gasteiger partial charge in [0.15, 0.2) is 0 Å². The topological polar surface area (TPSA) is 128 Å². The fourth-order valence-corrected chi connectivity index (χ4v) is 7.37. The zero-order chi connectivity index (χ0) is 28.2. The summed E-state index contributed by atoms with van der Waals surface area (Å²) in [6, 6.07) is 21.5. The molecule has 0 aliphatic heterocycles. The second-order valence-electron chi connectivity index (χ2n) is 10.8. The van der Waals surface area contributed by atoms with Crippen molar-refractivity contribution in [2.24, 2.45) is 0 Å². The van der Waals surface area contributed by atoms with Crippen LogP contribution in [-0.4, -0.2) is 36.4 Å². The number of para-hydroxylation sites is 1. The fraction of sp³-hybridized carbons (Fsp3) is 0.323. The van der Waals surface area contributed by atoms with Gasteiger partial charge in [0, 0.05) is 47.4 Å². The number of hydrogen-bond donors (Lipinski definition) is 3. The van der Waals surface area contributed by atoms with Crippen molar-refractivity contribution in [1.29, 1.82) is 5.26 Å². The van der Waals surface area contributed by atoms with Gasteiger partial charge in [0.25, 0.3) is 0 Å². The molecule has 40 heavy (non-hydrogen) atoms. The maximum atomic E-state index is 14.1. The van der Waals surface area contributed by atoms with Crippen molar-refractivity contribution in [3.8, 4) is 6.07 Å². The van der Waals surface area contributed by atoms with Gasteiger partial charge in [-0.2, -0.15) is 9.98 Å². The van der Waals surface area contributed by atoms with Crippen LogP contribution in [0.1, 0.15) is 55.8 Å². The van der Waals surface area contributed by atoms with E-state index in [0.717, 1.165) is 54.3 Å². The van der Waals surface area contributed by atoms with Gasteiger partial charge >= 0.3 is 0 Å². The number of hydrogen-bond acceptors (Lipinski definition) is 5. The summed E-state index contributed by atoms with van der Waals surface area (Å²) < 4.78 is 30.0. The van der Waals surface area contributed by atoms with Crippen LogP contribution in [-0.2, 0) is 26.7 Å². The molecule has 0 bridgehead atoms. The van der Waals surface area contributed by atoms with Crippen molar-refractivity contribution in [2.75, 3.05) is 6.54 Å². The smallest absolute Gasteiger partial charge is 0.242 e. The number of carbonyl (C=O) groups excluding carboxylic acids is 1. The van der Waals surface area contributed by atoms with Crippen LogP contribution < -0.4 is 10.0 Å². The Hall–Kier alpha value is -4.00. The molecule has 0 spiro atoms. The number of nitriles is 1. The van der Waals surface area contributed by atoms with Crippen LogP contribution >= 0.6 is 0 Å². The first-order valence-electron chi connectivity index (χ1n) is 13.5. The highest BCUT2D eigenvalue weighted by molar-refractivity contribution is 7.89. The van der Waals surface area contributed by atoms with Gasteiger partial charge < -0.3 is 10.3 Å². The highest BCUT2D eigenvalue weighted by Gasteiger charge is 2.42. The van der Waals surface area contributed by atoms with Crippen molar-refractivity contribution in [2.45, 2.75) is 61.3 Å². The molecule has 1 saturated carbocycles. The monoisotopic (exact) mass is 555 g/mol. The number of benzene rings is 2. The highest BCUT2D eigenvalue weighted by Crippen LogP contribution is 2.38. The third kappa shape index (κ3) is 5.51. The van der Waals surface area contributed by atoms with E-state index in [1.807, 2.05) is 54.7 Å². The number of amides is 1. The van der Waals surface area contributed by atoms with E-state index in [0.29, 0.717) is 6.54 Å². The van der Waals surface area contributed by atoms with Crippen molar-refractivity contribution >= 4 is 26.8 Å². The highest BCUT2D eigenvalue weighted by atomic mass is 32.2. The van der Waals surface area contributed by atoms with Crippen LogP contribution in [0.3, 0.4) is 0 Å². The molecular weight excluding hydrogens is 522 g/mol. The zero-order valence-corrected chi connectivity index (χ0v) is 23.3. The molecule has 9 heteroatoms. The lowest BCUT2D eigenvalue weighted by Gasteiger charge is -2.38. The molecule has 1 atom stereocenters. The summed E-state index contributed by atoms with van der Waals surface area (Å²) in [7, 11) is -4.23. The Morgan fingerprint density at radius 3 is 2.52 bits per heavy atom. The van der Waals surface area contributed by atoms with Crippen LogP contribution in [0.25, 0.3) is 10.9 Å². The molecule has 0 radical (unpaired) electrons. The minimum atomic E-state index is -4.23. The lowest BCUT2D eigenvalue weighted by Crippen LogP contribution is -2.59. The van der Waals surface area contributed by atoms with E-state index >= 15 is 0 Å². The zero-order valence-electron chi connectivity index (χ0n) is 22.5. The van der Waals surface area contributed by atoms with Gasteiger partial charge in [-0.15, -0.1) is 0 Å².